The van der Waals surface area contributed by atoms with Gasteiger partial charge >= 0.3 is 0 Å². The maximum absolute atomic E-state index is 11.2. The molecule has 0 saturated carbocycles. The van der Waals surface area contributed by atoms with Gasteiger partial charge in [-0.3, -0.25) is 4.79 Å². The van der Waals surface area contributed by atoms with Crippen LogP contribution in [0.3, 0.4) is 0 Å². The Hall–Kier alpha value is -1.39. The first-order valence-electron chi connectivity index (χ1n) is 6.75. The van der Waals surface area contributed by atoms with Crippen LogP contribution in [-0.4, -0.2) is 32.3 Å². The maximum Gasteiger partial charge on any atom is 0.245 e. The van der Waals surface area contributed by atoms with Crippen molar-refractivity contribution in [1.29, 1.82) is 0 Å². The molecular weight excluding hydrogens is 242 g/mol. The summed E-state index contributed by atoms with van der Waals surface area (Å²) < 4.78 is 10.7. The Morgan fingerprint density at radius 2 is 2.05 bits per heavy atom. The van der Waals surface area contributed by atoms with Gasteiger partial charge in [0.1, 0.15) is 6.61 Å². The lowest BCUT2D eigenvalue weighted by molar-refractivity contribution is -0.125. The third kappa shape index (κ3) is 6.94. The highest BCUT2D eigenvalue weighted by atomic mass is 16.5. The van der Waals surface area contributed by atoms with E-state index in [4.69, 9.17) is 9.47 Å². The van der Waals surface area contributed by atoms with Gasteiger partial charge in [0.05, 0.1) is 6.10 Å². The number of carbonyl (C=O) groups excluding carboxylic acids is 1. The highest BCUT2D eigenvalue weighted by Gasteiger charge is 2.04. The summed E-state index contributed by atoms with van der Waals surface area (Å²) >= 11 is 0. The fourth-order valence-electron chi connectivity index (χ4n) is 1.63. The van der Waals surface area contributed by atoms with E-state index in [9.17, 15) is 4.79 Å². The van der Waals surface area contributed by atoms with Gasteiger partial charge in [0.15, 0.2) is 0 Å². The molecule has 1 unspecified atom stereocenters. The first-order chi connectivity index (χ1) is 9.24. The molecule has 1 amide bonds. The summed E-state index contributed by atoms with van der Waals surface area (Å²) in [5.41, 5.74) is 1.17. The summed E-state index contributed by atoms with van der Waals surface area (Å²) in [4.78, 5) is 11.2. The number of rotatable bonds is 9. The number of hydrogen-bond acceptors (Lipinski definition) is 3. The van der Waals surface area contributed by atoms with E-state index < -0.39 is 0 Å². The molecule has 0 spiro atoms. The second-order valence-electron chi connectivity index (χ2n) is 4.26. The number of benzene rings is 1. The van der Waals surface area contributed by atoms with Crippen LogP contribution < -0.4 is 5.32 Å². The summed E-state index contributed by atoms with van der Waals surface area (Å²) in [6, 6.07) is 10.1. The number of carbonyl (C=O) groups is 1. The van der Waals surface area contributed by atoms with Crippen LogP contribution >= 0.6 is 0 Å². The summed E-state index contributed by atoms with van der Waals surface area (Å²) in [7, 11) is 0. The van der Waals surface area contributed by atoms with Gasteiger partial charge in [-0.25, -0.2) is 0 Å². The average Bonchev–Trinajstić information content (AvgIpc) is 2.45. The monoisotopic (exact) mass is 265 g/mol. The first kappa shape index (κ1) is 15.7. The molecule has 0 aliphatic carbocycles. The molecule has 0 bridgehead atoms. The fraction of sp³-hybridized carbons (Fsp3) is 0.533. The molecule has 1 rings (SSSR count). The van der Waals surface area contributed by atoms with Gasteiger partial charge in [0.2, 0.25) is 5.91 Å². The van der Waals surface area contributed by atoms with E-state index in [0.29, 0.717) is 19.8 Å². The summed E-state index contributed by atoms with van der Waals surface area (Å²) in [5.74, 6) is -0.0713. The van der Waals surface area contributed by atoms with Crippen molar-refractivity contribution in [2.24, 2.45) is 0 Å². The van der Waals surface area contributed by atoms with Crippen LogP contribution in [0.15, 0.2) is 30.3 Å². The van der Waals surface area contributed by atoms with E-state index in [-0.39, 0.29) is 18.6 Å². The van der Waals surface area contributed by atoms with Crippen LogP contribution in [0.25, 0.3) is 0 Å². The fourth-order valence-corrected chi connectivity index (χ4v) is 1.63. The van der Waals surface area contributed by atoms with Crippen LogP contribution in [0, 0.1) is 0 Å². The van der Waals surface area contributed by atoms with E-state index >= 15 is 0 Å². The molecule has 1 aromatic rings. The molecule has 106 valence electrons. The van der Waals surface area contributed by atoms with E-state index in [2.05, 4.69) is 17.4 Å². The second-order valence-corrected chi connectivity index (χ2v) is 4.26. The molecule has 19 heavy (non-hydrogen) atoms. The molecule has 0 aliphatic heterocycles. The summed E-state index contributed by atoms with van der Waals surface area (Å²) in [6.07, 6.45) is 0.884. The molecule has 1 atom stereocenters. The minimum absolute atomic E-state index is 0.0713. The van der Waals surface area contributed by atoms with Crippen molar-refractivity contribution in [1.82, 2.24) is 5.32 Å². The van der Waals surface area contributed by atoms with Gasteiger partial charge in [-0.1, -0.05) is 30.3 Å². The summed E-state index contributed by atoms with van der Waals surface area (Å²) in [6.45, 7) is 5.84. The lowest BCUT2D eigenvalue weighted by Gasteiger charge is -2.13. The van der Waals surface area contributed by atoms with Crippen LogP contribution in [0.4, 0.5) is 0 Å². The highest BCUT2D eigenvalue weighted by molar-refractivity contribution is 5.77. The molecule has 0 aliphatic rings. The van der Waals surface area contributed by atoms with Gasteiger partial charge in [-0.05, 0) is 25.8 Å². The van der Waals surface area contributed by atoms with Crippen molar-refractivity contribution in [2.45, 2.75) is 26.4 Å². The molecule has 0 radical (unpaired) electrons. The molecular formula is C15H23NO3. The van der Waals surface area contributed by atoms with Gasteiger partial charge in [0.25, 0.3) is 0 Å². The molecule has 0 aromatic heterocycles. The molecule has 1 N–H and O–H groups in total. The minimum atomic E-state index is -0.0713. The standard InChI is InChI=1S/C15H23NO3/c1-3-18-12-15(17)16-10-7-11-19-13(2)14-8-5-4-6-9-14/h4-6,8-9,13H,3,7,10-12H2,1-2H3,(H,16,17). The van der Waals surface area contributed by atoms with Crippen LogP contribution in [-0.2, 0) is 14.3 Å². The Morgan fingerprint density at radius 3 is 2.74 bits per heavy atom. The van der Waals surface area contributed by atoms with E-state index in [1.807, 2.05) is 32.0 Å². The minimum Gasteiger partial charge on any atom is -0.374 e. The Morgan fingerprint density at radius 1 is 1.32 bits per heavy atom. The zero-order valence-corrected chi connectivity index (χ0v) is 11.7. The largest absolute Gasteiger partial charge is 0.374 e. The third-order valence-electron chi connectivity index (χ3n) is 2.72. The Kier molecular flexibility index (Phi) is 7.86. The van der Waals surface area contributed by atoms with Crippen molar-refractivity contribution in [3.63, 3.8) is 0 Å². The molecule has 1 aromatic carbocycles. The van der Waals surface area contributed by atoms with Gasteiger partial charge in [-0.15, -0.1) is 0 Å². The van der Waals surface area contributed by atoms with Crippen molar-refractivity contribution in [3.05, 3.63) is 35.9 Å². The number of hydrogen-bond donors (Lipinski definition) is 1. The lowest BCUT2D eigenvalue weighted by atomic mass is 10.1. The van der Waals surface area contributed by atoms with Crippen molar-refractivity contribution >= 4 is 5.91 Å². The lowest BCUT2D eigenvalue weighted by Crippen LogP contribution is -2.29. The quantitative estimate of drug-likeness (QED) is 0.697. The van der Waals surface area contributed by atoms with E-state index in [1.54, 1.807) is 0 Å². The number of nitrogens with one attached hydrogen (secondary N) is 1. The Balaban J connectivity index is 2.06. The smallest absolute Gasteiger partial charge is 0.245 e. The van der Waals surface area contributed by atoms with Gasteiger partial charge < -0.3 is 14.8 Å². The Labute approximate surface area is 115 Å². The van der Waals surface area contributed by atoms with Gasteiger partial charge in [-0.2, -0.15) is 0 Å². The van der Waals surface area contributed by atoms with Crippen LogP contribution in [0.2, 0.25) is 0 Å². The number of ether oxygens (including phenoxy) is 2. The van der Waals surface area contributed by atoms with Crippen LogP contribution in [0.5, 0.6) is 0 Å². The van der Waals surface area contributed by atoms with Crippen LogP contribution in [0.1, 0.15) is 31.9 Å². The molecule has 4 heteroatoms. The highest BCUT2D eigenvalue weighted by Crippen LogP contribution is 2.15. The predicted molar refractivity (Wildman–Crippen MR) is 74.9 cm³/mol. The van der Waals surface area contributed by atoms with Crippen molar-refractivity contribution in [3.8, 4) is 0 Å². The summed E-state index contributed by atoms with van der Waals surface area (Å²) in [5, 5.41) is 2.79. The van der Waals surface area contributed by atoms with Crippen molar-refractivity contribution in [2.75, 3.05) is 26.4 Å². The predicted octanol–water partition coefficient (Wildman–Crippen LogP) is 2.31. The third-order valence-corrected chi connectivity index (χ3v) is 2.72. The SMILES string of the molecule is CCOCC(=O)NCCCOC(C)c1ccccc1. The van der Waals surface area contributed by atoms with Gasteiger partial charge in [0, 0.05) is 19.8 Å². The molecule has 4 nitrogen and oxygen atoms in total. The van der Waals surface area contributed by atoms with Crippen molar-refractivity contribution < 1.29 is 14.3 Å². The molecule has 0 saturated heterocycles. The number of amides is 1. The average molecular weight is 265 g/mol. The zero-order chi connectivity index (χ0) is 13.9. The molecule has 0 heterocycles. The van der Waals surface area contributed by atoms with E-state index in [1.165, 1.54) is 5.56 Å². The maximum atomic E-state index is 11.2. The Bertz CT molecular complexity index is 354. The topological polar surface area (TPSA) is 47.6 Å². The van der Waals surface area contributed by atoms with E-state index in [0.717, 1.165) is 6.42 Å². The second kappa shape index (κ2) is 9.53. The molecule has 0 fully saturated rings. The first-order valence-corrected chi connectivity index (χ1v) is 6.75. The normalized spacial score (nSPS) is 12.1. The zero-order valence-electron chi connectivity index (χ0n) is 11.7.